The maximum atomic E-state index is 5.88. The van der Waals surface area contributed by atoms with Gasteiger partial charge in [0.2, 0.25) is 0 Å². The Morgan fingerprint density at radius 3 is 2.95 bits per heavy atom. The van der Waals surface area contributed by atoms with Crippen molar-refractivity contribution in [3.05, 3.63) is 42.5 Å². The number of benzene rings is 1. The molecule has 0 aliphatic heterocycles. The number of nitrogens with zero attached hydrogens (tertiary/aromatic N) is 2. The Morgan fingerprint density at radius 1 is 1.35 bits per heavy atom. The van der Waals surface area contributed by atoms with Crippen LogP contribution < -0.4 is 14.8 Å². The minimum atomic E-state index is 0.600. The Morgan fingerprint density at radius 2 is 2.25 bits per heavy atom. The molecule has 2 rings (SSSR count). The monoisotopic (exact) mass is 275 g/mol. The van der Waals surface area contributed by atoms with E-state index in [-0.39, 0.29) is 0 Å². The number of imidazole rings is 1. The molecule has 0 saturated heterocycles. The van der Waals surface area contributed by atoms with Crippen molar-refractivity contribution in [2.45, 2.75) is 20.0 Å². The summed E-state index contributed by atoms with van der Waals surface area (Å²) in [5, 5.41) is 3.31. The van der Waals surface area contributed by atoms with Crippen LogP contribution in [0.1, 0.15) is 12.5 Å². The predicted octanol–water partition coefficient (Wildman–Crippen LogP) is 2.08. The van der Waals surface area contributed by atoms with Gasteiger partial charge in [-0.15, -0.1) is 0 Å². The van der Waals surface area contributed by atoms with Crippen molar-refractivity contribution in [2.75, 3.05) is 20.3 Å². The van der Waals surface area contributed by atoms with Crippen molar-refractivity contribution in [3.63, 3.8) is 0 Å². The highest BCUT2D eigenvalue weighted by atomic mass is 16.5. The first-order chi connectivity index (χ1) is 9.83. The molecule has 5 nitrogen and oxygen atoms in total. The largest absolute Gasteiger partial charge is 0.497 e. The normalized spacial score (nSPS) is 10.5. The van der Waals surface area contributed by atoms with Gasteiger partial charge in [0.25, 0.3) is 0 Å². The van der Waals surface area contributed by atoms with Crippen LogP contribution >= 0.6 is 0 Å². The van der Waals surface area contributed by atoms with Gasteiger partial charge in [0.05, 0.1) is 20.0 Å². The van der Waals surface area contributed by atoms with Crippen molar-refractivity contribution < 1.29 is 9.47 Å². The van der Waals surface area contributed by atoms with Gasteiger partial charge in [0, 0.05) is 30.6 Å². The van der Waals surface area contributed by atoms with Gasteiger partial charge in [0.15, 0.2) is 0 Å². The van der Waals surface area contributed by atoms with Gasteiger partial charge in [0.1, 0.15) is 18.1 Å². The van der Waals surface area contributed by atoms with E-state index in [2.05, 4.69) is 17.2 Å². The second-order valence-corrected chi connectivity index (χ2v) is 4.40. The molecular formula is C15H21N3O2. The Bertz CT molecular complexity index is 512. The average Bonchev–Trinajstić information content (AvgIpc) is 2.99. The molecule has 1 aromatic heterocycles. The Labute approximate surface area is 119 Å². The zero-order chi connectivity index (χ0) is 14.2. The second-order valence-electron chi connectivity index (χ2n) is 4.40. The van der Waals surface area contributed by atoms with E-state index in [0.717, 1.165) is 36.7 Å². The summed E-state index contributed by atoms with van der Waals surface area (Å²) in [6.07, 6.45) is 5.48. The highest BCUT2D eigenvalue weighted by Gasteiger charge is 2.05. The molecule has 0 aliphatic rings. The molecule has 20 heavy (non-hydrogen) atoms. The summed E-state index contributed by atoms with van der Waals surface area (Å²) >= 11 is 0. The molecule has 2 aromatic rings. The number of hydrogen-bond donors (Lipinski definition) is 1. The smallest absolute Gasteiger partial charge is 0.127 e. The van der Waals surface area contributed by atoms with Gasteiger partial charge in [-0.2, -0.15) is 0 Å². The lowest BCUT2D eigenvalue weighted by Crippen LogP contribution is -2.14. The van der Waals surface area contributed by atoms with Gasteiger partial charge >= 0.3 is 0 Å². The molecule has 0 aliphatic carbocycles. The molecule has 0 bridgehead atoms. The minimum Gasteiger partial charge on any atom is -0.497 e. The molecule has 0 radical (unpaired) electrons. The van der Waals surface area contributed by atoms with E-state index in [4.69, 9.17) is 9.47 Å². The highest BCUT2D eigenvalue weighted by molar-refractivity contribution is 5.40. The Hall–Kier alpha value is -2.01. The van der Waals surface area contributed by atoms with Gasteiger partial charge in [-0.1, -0.05) is 13.0 Å². The van der Waals surface area contributed by atoms with Crippen molar-refractivity contribution in [1.29, 1.82) is 0 Å². The molecule has 0 fully saturated rings. The number of ether oxygens (including phenoxy) is 2. The number of rotatable bonds is 8. The molecule has 108 valence electrons. The average molecular weight is 275 g/mol. The summed E-state index contributed by atoms with van der Waals surface area (Å²) in [5.41, 5.74) is 1.14. The minimum absolute atomic E-state index is 0.600. The van der Waals surface area contributed by atoms with E-state index in [9.17, 15) is 0 Å². The fourth-order valence-electron chi connectivity index (χ4n) is 1.88. The van der Waals surface area contributed by atoms with Gasteiger partial charge in [-0.25, -0.2) is 4.98 Å². The first-order valence-corrected chi connectivity index (χ1v) is 6.79. The van der Waals surface area contributed by atoms with Gasteiger partial charge in [-0.05, 0) is 12.6 Å². The Balaban J connectivity index is 1.99. The third kappa shape index (κ3) is 3.99. The summed E-state index contributed by atoms with van der Waals surface area (Å²) in [6.45, 7) is 5.19. The molecule has 1 aromatic carbocycles. The SMILES string of the molecule is CCNCc1ccc(OC)cc1OCCn1ccnc1. The van der Waals surface area contributed by atoms with E-state index in [1.807, 2.05) is 29.0 Å². The summed E-state index contributed by atoms with van der Waals surface area (Å²) < 4.78 is 13.1. The first-order valence-electron chi connectivity index (χ1n) is 6.79. The molecule has 0 saturated carbocycles. The summed E-state index contributed by atoms with van der Waals surface area (Å²) in [7, 11) is 1.66. The maximum absolute atomic E-state index is 5.88. The topological polar surface area (TPSA) is 48.3 Å². The number of hydrogen-bond acceptors (Lipinski definition) is 4. The van der Waals surface area contributed by atoms with Crippen LogP contribution in [0.4, 0.5) is 0 Å². The molecule has 0 spiro atoms. The predicted molar refractivity (Wildman–Crippen MR) is 78.1 cm³/mol. The van der Waals surface area contributed by atoms with E-state index < -0.39 is 0 Å². The lowest BCUT2D eigenvalue weighted by Gasteiger charge is -2.13. The van der Waals surface area contributed by atoms with Gasteiger partial charge in [-0.3, -0.25) is 0 Å². The van der Waals surface area contributed by atoms with E-state index in [1.54, 1.807) is 19.6 Å². The standard InChI is InChI=1S/C15H21N3O2/c1-3-16-11-13-4-5-14(19-2)10-15(13)20-9-8-18-7-6-17-12-18/h4-7,10,12,16H,3,8-9,11H2,1-2H3. The number of methoxy groups -OCH3 is 1. The van der Waals surface area contributed by atoms with Crippen LogP contribution in [0, 0.1) is 0 Å². The fourth-order valence-corrected chi connectivity index (χ4v) is 1.88. The van der Waals surface area contributed by atoms with E-state index >= 15 is 0 Å². The molecule has 0 amide bonds. The van der Waals surface area contributed by atoms with E-state index in [0.29, 0.717) is 6.61 Å². The molecule has 1 N–H and O–H groups in total. The lowest BCUT2D eigenvalue weighted by molar-refractivity contribution is 0.292. The summed E-state index contributed by atoms with van der Waals surface area (Å²) in [5.74, 6) is 1.67. The molecule has 0 atom stereocenters. The van der Waals surface area contributed by atoms with Crippen LogP contribution in [0.3, 0.4) is 0 Å². The quantitative estimate of drug-likeness (QED) is 0.801. The molecule has 5 heteroatoms. The third-order valence-electron chi connectivity index (χ3n) is 3.01. The van der Waals surface area contributed by atoms with Gasteiger partial charge < -0.3 is 19.4 Å². The van der Waals surface area contributed by atoms with E-state index in [1.165, 1.54) is 0 Å². The third-order valence-corrected chi connectivity index (χ3v) is 3.01. The van der Waals surface area contributed by atoms with Crippen molar-refractivity contribution in [1.82, 2.24) is 14.9 Å². The highest BCUT2D eigenvalue weighted by Crippen LogP contribution is 2.24. The zero-order valence-corrected chi connectivity index (χ0v) is 12.0. The first kappa shape index (κ1) is 14.4. The van der Waals surface area contributed by atoms with Crippen molar-refractivity contribution in [3.8, 4) is 11.5 Å². The van der Waals surface area contributed by atoms with Crippen LogP contribution in [-0.4, -0.2) is 29.8 Å². The second kappa shape index (κ2) is 7.55. The van der Waals surface area contributed by atoms with Crippen LogP contribution in [0.25, 0.3) is 0 Å². The summed E-state index contributed by atoms with van der Waals surface area (Å²) in [4.78, 5) is 4.01. The van der Waals surface area contributed by atoms with Crippen LogP contribution in [0.15, 0.2) is 36.9 Å². The van der Waals surface area contributed by atoms with Crippen LogP contribution in [0.5, 0.6) is 11.5 Å². The zero-order valence-electron chi connectivity index (χ0n) is 12.0. The lowest BCUT2D eigenvalue weighted by atomic mass is 10.2. The summed E-state index contributed by atoms with van der Waals surface area (Å²) in [6, 6.07) is 5.92. The van der Waals surface area contributed by atoms with Crippen molar-refractivity contribution >= 4 is 0 Å². The molecular weight excluding hydrogens is 254 g/mol. The molecule has 1 heterocycles. The maximum Gasteiger partial charge on any atom is 0.127 e. The van der Waals surface area contributed by atoms with Crippen LogP contribution in [0.2, 0.25) is 0 Å². The van der Waals surface area contributed by atoms with Crippen molar-refractivity contribution in [2.24, 2.45) is 0 Å². The fraction of sp³-hybridized carbons (Fsp3) is 0.400. The van der Waals surface area contributed by atoms with Crippen LogP contribution in [-0.2, 0) is 13.1 Å². The Kier molecular flexibility index (Phi) is 5.43. The number of aromatic nitrogens is 2. The number of nitrogens with one attached hydrogen (secondary N) is 1. The molecule has 0 unspecified atom stereocenters.